The van der Waals surface area contributed by atoms with E-state index in [9.17, 15) is 14.9 Å². The smallest absolute Gasteiger partial charge is 0.270 e. The maximum atomic E-state index is 12.8. The minimum atomic E-state index is -0.474. The average Bonchev–Trinajstić information content (AvgIpc) is 3.32. The van der Waals surface area contributed by atoms with Crippen molar-refractivity contribution in [1.29, 1.82) is 0 Å². The zero-order chi connectivity index (χ0) is 24.7. The zero-order valence-electron chi connectivity index (χ0n) is 19.7. The first kappa shape index (κ1) is 24.7. The third-order valence-corrected chi connectivity index (χ3v) is 5.30. The molecule has 1 aromatic heterocycles. The lowest BCUT2D eigenvalue weighted by Crippen LogP contribution is -2.37. The Balaban J connectivity index is 1.67. The van der Waals surface area contributed by atoms with Gasteiger partial charge in [0.25, 0.3) is 5.69 Å². The molecule has 0 saturated carbocycles. The van der Waals surface area contributed by atoms with Crippen LogP contribution in [0, 0.1) is 16.0 Å². The second kappa shape index (κ2) is 11.3. The molecule has 0 radical (unpaired) electrons. The van der Waals surface area contributed by atoms with Crippen molar-refractivity contribution < 1.29 is 23.7 Å². The van der Waals surface area contributed by atoms with Crippen LogP contribution >= 0.6 is 0 Å². The molecule has 10 heteroatoms. The molecule has 3 rings (SSSR count). The lowest BCUT2D eigenvalue weighted by molar-refractivity contribution is -0.384. The minimum Gasteiger partial charge on any atom is -0.493 e. The van der Waals surface area contributed by atoms with Crippen molar-refractivity contribution in [3.05, 3.63) is 64.0 Å². The Bertz CT molecular complexity index is 1140. The number of hydrogen-bond acceptors (Lipinski definition) is 8. The number of nitrogens with zero attached hydrogens (tertiary/aromatic N) is 4. The summed E-state index contributed by atoms with van der Waals surface area (Å²) in [6.07, 6.45) is 1.01. The van der Waals surface area contributed by atoms with Crippen molar-refractivity contribution in [2.24, 2.45) is 5.92 Å². The van der Waals surface area contributed by atoms with Gasteiger partial charge in [0, 0.05) is 43.1 Å². The van der Waals surface area contributed by atoms with Crippen LogP contribution in [0.25, 0.3) is 11.4 Å². The first-order valence-electron chi connectivity index (χ1n) is 10.9. The Morgan fingerprint density at radius 1 is 1.09 bits per heavy atom. The van der Waals surface area contributed by atoms with Crippen LogP contribution in [0.2, 0.25) is 0 Å². The first-order valence-corrected chi connectivity index (χ1v) is 10.9. The van der Waals surface area contributed by atoms with E-state index in [-0.39, 0.29) is 23.3 Å². The Morgan fingerprint density at radius 2 is 1.82 bits per heavy atom. The molecule has 0 atom stereocenters. The Morgan fingerprint density at radius 3 is 2.50 bits per heavy atom. The maximum absolute atomic E-state index is 12.8. The van der Waals surface area contributed by atoms with Crippen LogP contribution in [0.4, 0.5) is 5.69 Å². The molecule has 180 valence electrons. The van der Waals surface area contributed by atoms with Gasteiger partial charge in [-0.1, -0.05) is 37.2 Å². The van der Waals surface area contributed by atoms with Crippen molar-refractivity contribution >= 4 is 11.6 Å². The first-order chi connectivity index (χ1) is 16.3. The molecule has 0 spiro atoms. The van der Waals surface area contributed by atoms with Crippen molar-refractivity contribution in [2.75, 3.05) is 27.3 Å². The highest BCUT2D eigenvalue weighted by molar-refractivity contribution is 5.78. The Labute approximate surface area is 197 Å². The number of rotatable bonds is 11. The molecule has 0 saturated heterocycles. The van der Waals surface area contributed by atoms with Gasteiger partial charge in [0.15, 0.2) is 11.5 Å². The molecule has 0 unspecified atom stereocenters. The van der Waals surface area contributed by atoms with Crippen molar-refractivity contribution in [3.63, 3.8) is 0 Å². The molecule has 1 amide bonds. The van der Waals surface area contributed by atoms with Gasteiger partial charge in [-0.05, 0) is 24.1 Å². The van der Waals surface area contributed by atoms with Crippen molar-refractivity contribution in [1.82, 2.24) is 15.0 Å². The number of nitro groups is 1. The van der Waals surface area contributed by atoms with Crippen LogP contribution in [-0.2, 0) is 17.6 Å². The molecule has 2 aromatic carbocycles. The summed E-state index contributed by atoms with van der Waals surface area (Å²) in [5.41, 5.74) is 1.46. The van der Waals surface area contributed by atoms with Crippen LogP contribution in [0.15, 0.2) is 47.0 Å². The van der Waals surface area contributed by atoms with E-state index in [2.05, 4.69) is 10.1 Å². The van der Waals surface area contributed by atoms with Gasteiger partial charge in [-0.15, -0.1) is 0 Å². The molecule has 0 aliphatic heterocycles. The van der Waals surface area contributed by atoms with Gasteiger partial charge >= 0.3 is 0 Å². The van der Waals surface area contributed by atoms with Crippen LogP contribution in [0.1, 0.15) is 25.3 Å². The van der Waals surface area contributed by atoms with Crippen LogP contribution in [-0.4, -0.2) is 53.2 Å². The number of amides is 1. The third-order valence-electron chi connectivity index (χ3n) is 5.30. The molecular weight excluding hydrogens is 440 g/mol. The Hall–Kier alpha value is -3.95. The van der Waals surface area contributed by atoms with Gasteiger partial charge in [0.1, 0.15) is 0 Å². The number of hydrogen-bond donors (Lipinski definition) is 0. The highest BCUT2D eigenvalue weighted by atomic mass is 16.6. The van der Waals surface area contributed by atoms with Crippen LogP contribution in [0.3, 0.4) is 0 Å². The zero-order valence-corrected chi connectivity index (χ0v) is 19.7. The number of benzene rings is 2. The summed E-state index contributed by atoms with van der Waals surface area (Å²) in [7, 11) is 3.17. The van der Waals surface area contributed by atoms with E-state index in [4.69, 9.17) is 14.0 Å². The van der Waals surface area contributed by atoms with Gasteiger partial charge in [-0.3, -0.25) is 14.9 Å². The quantitative estimate of drug-likeness (QED) is 0.307. The number of carbonyl (C=O) groups is 1. The number of aromatic nitrogens is 2. The highest BCUT2D eigenvalue weighted by Gasteiger charge is 2.19. The molecule has 0 aliphatic carbocycles. The third kappa shape index (κ3) is 6.09. The van der Waals surface area contributed by atoms with Gasteiger partial charge in [-0.2, -0.15) is 4.98 Å². The molecule has 0 fully saturated rings. The number of ether oxygens (including phenoxy) is 2. The normalized spacial score (nSPS) is 10.9. The lowest BCUT2D eigenvalue weighted by atomic mass is 10.1. The molecule has 34 heavy (non-hydrogen) atoms. The fraction of sp³-hybridized carbons (Fsp3) is 0.375. The summed E-state index contributed by atoms with van der Waals surface area (Å²) in [4.78, 5) is 29.4. The molecule has 10 nitrogen and oxygen atoms in total. The number of nitro benzene ring substituents is 1. The van der Waals surface area contributed by atoms with Gasteiger partial charge < -0.3 is 18.9 Å². The number of carbonyl (C=O) groups excluding carboxylic acids is 1. The van der Waals surface area contributed by atoms with Crippen LogP contribution < -0.4 is 9.47 Å². The number of non-ortho nitro benzene ring substituents is 1. The monoisotopic (exact) mass is 468 g/mol. The van der Waals surface area contributed by atoms with Crippen LogP contribution in [0.5, 0.6) is 11.5 Å². The van der Waals surface area contributed by atoms with E-state index >= 15 is 0 Å². The second-order valence-corrected chi connectivity index (χ2v) is 7.99. The molecule has 0 bridgehead atoms. The maximum Gasteiger partial charge on any atom is 0.270 e. The predicted molar refractivity (Wildman–Crippen MR) is 125 cm³/mol. The highest BCUT2D eigenvalue weighted by Crippen LogP contribution is 2.28. The Kier molecular flexibility index (Phi) is 8.18. The summed E-state index contributed by atoms with van der Waals surface area (Å²) in [5.74, 6) is 1.78. The van der Waals surface area contributed by atoms with Crippen molar-refractivity contribution in [2.45, 2.75) is 26.7 Å². The molecule has 0 aliphatic rings. The summed E-state index contributed by atoms with van der Waals surface area (Å²) in [6.45, 7) is 4.64. The summed E-state index contributed by atoms with van der Waals surface area (Å²) < 4.78 is 16.0. The SMILES string of the molecule is COc1ccc(CCN(CCc2nc(-c3cccc([N+](=O)[O-])c3)no2)C(=O)C(C)C)cc1OC. The lowest BCUT2D eigenvalue weighted by Gasteiger charge is -2.24. The molecule has 0 N–H and O–H groups in total. The standard InChI is InChI=1S/C24H28N4O6/c1-16(2)24(29)27(12-10-17-8-9-20(32-3)21(14-17)33-4)13-11-22-25-23(26-34-22)18-6-5-7-19(15-18)28(30)31/h5-9,14-16H,10-13H2,1-4H3. The largest absolute Gasteiger partial charge is 0.493 e. The van der Waals surface area contributed by atoms with E-state index in [1.807, 2.05) is 32.0 Å². The fourth-order valence-electron chi connectivity index (χ4n) is 3.46. The topological polar surface area (TPSA) is 121 Å². The van der Waals surface area contributed by atoms with Gasteiger partial charge in [0.2, 0.25) is 17.6 Å². The van der Waals surface area contributed by atoms with Gasteiger partial charge in [-0.25, -0.2) is 0 Å². The fourth-order valence-corrected chi connectivity index (χ4v) is 3.46. The second-order valence-electron chi connectivity index (χ2n) is 7.99. The molecule has 1 heterocycles. The summed E-state index contributed by atoms with van der Waals surface area (Å²) in [6, 6.07) is 11.7. The summed E-state index contributed by atoms with van der Waals surface area (Å²) in [5, 5.41) is 14.9. The molecular formula is C24H28N4O6. The van der Waals surface area contributed by atoms with E-state index in [0.29, 0.717) is 48.9 Å². The summed E-state index contributed by atoms with van der Waals surface area (Å²) >= 11 is 0. The minimum absolute atomic E-state index is 0.0268. The predicted octanol–water partition coefficient (Wildman–Crippen LogP) is 3.93. The molecule has 3 aromatic rings. The van der Waals surface area contributed by atoms with E-state index in [1.165, 1.54) is 12.1 Å². The van der Waals surface area contributed by atoms with Crippen molar-refractivity contribution in [3.8, 4) is 22.9 Å². The average molecular weight is 469 g/mol. The van der Waals surface area contributed by atoms with E-state index in [1.54, 1.807) is 31.3 Å². The van der Waals surface area contributed by atoms with E-state index in [0.717, 1.165) is 5.56 Å². The van der Waals surface area contributed by atoms with Gasteiger partial charge in [0.05, 0.1) is 19.1 Å². The van der Waals surface area contributed by atoms with E-state index < -0.39 is 4.92 Å². The number of methoxy groups -OCH3 is 2.